The average molecular weight is 292 g/mol. The Labute approximate surface area is 120 Å². The summed E-state index contributed by atoms with van der Waals surface area (Å²) >= 11 is 0. The van der Waals surface area contributed by atoms with E-state index in [9.17, 15) is 14.4 Å². The van der Waals surface area contributed by atoms with Crippen LogP contribution in [-0.4, -0.2) is 39.2 Å². The summed E-state index contributed by atoms with van der Waals surface area (Å²) in [5.74, 6) is -0.985. The molecule has 0 radical (unpaired) electrons. The standard InChI is InChI=1S/C13H16N4O4/c1-8-6-11-12(19)16(4-5-17(11)15-8)7-10(13(20)21-3)14-9(2)18/h4-6,10H,7H2,1-3H3,(H,14,18). The van der Waals surface area contributed by atoms with Crippen LogP contribution in [0.3, 0.4) is 0 Å². The monoisotopic (exact) mass is 292 g/mol. The van der Waals surface area contributed by atoms with Crippen LogP contribution in [0.4, 0.5) is 0 Å². The lowest BCUT2D eigenvalue weighted by molar-refractivity contribution is -0.145. The van der Waals surface area contributed by atoms with Gasteiger partial charge in [0.2, 0.25) is 5.91 Å². The van der Waals surface area contributed by atoms with E-state index in [-0.39, 0.29) is 18.0 Å². The fourth-order valence-corrected chi connectivity index (χ4v) is 2.06. The lowest BCUT2D eigenvalue weighted by Crippen LogP contribution is -2.45. The fraction of sp³-hybridized carbons (Fsp3) is 0.385. The highest BCUT2D eigenvalue weighted by atomic mass is 16.5. The third-order valence-electron chi connectivity index (χ3n) is 2.97. The Kier molecular flexibility index (Phi) is 4.06. The minimum atomic E-state index is -0.920. The van der Waals surface area contributed by atoms with Crippen LogP contribution >= 0.6 is 0 Å². The van der Waals surface area contributed by atoms with Crippen molar-refractivity contribution < 1.29 is 14.3 Å². The lowest BCUT2D eigenvalue weighted by atomic mass is 10.3. The molecule has 0 saturated carbocycles. The van der Waals surface area contributed by atoms with E-state index >= 15 is 0 Å². The van der Waals surface area contributed by atoms with Crippen molar-refractivity contribution in [1.29, 1.82) is 0 Å². The van der Waals surface area contributed by atoms with Gasteiger partial charge in [-0.2, -0.15) is 5.10 Å². The number of methoxy groups -OCH3 is 1. The second-order valence-electron chi connectivity index (χ2n) is 4.65. The SMILES string of the molecule is COC(=O)C(Cn1ccn2nc(C)cc2c1=O)NC(C)=O. The zero-order valence-electron chi connectivity index (χ0n) is 12.0. The molecule has 2 aromatic rings. The van der Waals surface area contributed by atoms with Crippen molar-refractivity contribution in [2.24, 2.45) is 0 Å². The van der Waals surface area contributed by atoms with Gasteiger partial charge in [0.25, 0.3) is 5.56 Å². The van der Waals surface area contributed by atoms with Crippen LogP contribution in [-0.2, 0) is 20.9 Å². The summed E-state index contributed by atoms with van der Waals surface area (Å²) in [4.78, 5) is 35.1. The third kappa shape index (κ3) is 3.10. The molecule has 2 rings (SSSR count). The zero-order valence-corrected chi connectivity index (χ0v) is 12.0. The van der Waals surface area contributed by atoms with Crippen molar-refractivity contribution in [3.05, 3.63) is 34.5 Å². The molecule has 0 spiro atoms. The number of hydrogen-bond acceptors (Lipinski definition) is 5. The van der Waals surface area contributed by atoms with Crippen LogP contribution in [0.1, 0.15) is 12.6 Å². The molecule has 8 heteroatoms. The Balaban J connectivity index is 2.36. The first kappa shape index (κ1) is 14.8. The van der Waals surface area contributed by atoms with Crippen molar-refractivity contribution in [2.45, 2.75) is 26.4 Å². The molecule has 2 aromatic heterocycles. The van der Waals surface area contributed by atoms with Gasteiger partial charge in [-0.05, 0) is 13.0 Å². The van der Waals surface area contributed by atoms with E-state index in [1.54, 1.807) is 19.2 Å². The Morgan fingerprint density at radius 1 is 1.43 bits per heavy atom. The number of nitrogens with one attached hydrogen (secondary N) is 1. The molecule has 0 fully saturated rings. The molecule has 0 saturated heterocycles. The smallest absolute Gasteiger partial charge is 0.330 e. The summed E-state index contributed by atoms with van der Waals surface area (Å²) in [5.41, 5.74) is 0.829. The first-order valence-electron chi connectivity index (χ1n) is 6.32. The van der Waals surface area contributed by atoms with Gasteiger partial charge in [-0.15, -0.1) is 0 Å². The van der Waals surface area contributed by atoms with Gasteiger partial charge in [0, 0.05) is 19.3 Å². The van der Waals surface area contributed by atoms with Gasteiger partial charge in [0.1, 0.15) is 11.6 Å². The van der Waals surface area contributed by atoms with E-state index in [4.69, 9.17) is 0 Å². The first-order chi connectivity index (χ1) is 9.92. The molecule has 1 unspecified atom stereocenters. The summed E-state index contributed by atoms with van der Waals surface area (Å²) < 4.78 is 7.44. The van der Waals surface area contributed by atoms with E-state index < -0.39 is 12.0 Å². The molecule has 8 nitrogen and oxygen atoms in total. The second kappa shape index (κ2) is 5.78. The highest BCUT2D eigenvalue weighted by Crippen LogP contribution is 2.01. The van der Waals surface area contributed by atoms with Gasteiger partial charge in [-0.1, -0.05) is 0 Å². The highest BCUT2D eigenvalue weighted by Gasteiger charge is 2.21. The van der Waals surface area contributed by atoms with Gasteiger partial charge >= 0.3 is 5.97 Å². The summed E-state index contributed by atoms with van der Waals surface area (Å²) in [7, 11) is 1.23. The van der Waals surface area contributed by atoms with E-state index in [0.29, 0.717) is 5.52 Å². The van der Waals surface area contributed by atoms with Crippen LogP contribution in [0.15, 0.2) is 23.3 Å². The van der Waals surface area contributed by atoms with E-state index in [1.165, 1.54) is 29.3 Å². The van der Waals surface area contributed by atoms with Gasteiger partial charge in [0.15, 0.2) is 0 Å². The zero-order chi connectivity index (χ0) is 15.6. The minimum Gasteiger partial charge on any atom is -0.467 e. The van der Waals surface area contributed by atoms with Crippen molar-refractivity contribution in [3.63, 3.8) is 0 Å². The Morgan fingerprint density at radius 2 is 2.14 bits per heavy atom. The lowest BCUT2D eigenvalue weighted by Gasteiger charge is -2.16. The van der Waals surface area contributed by atoms with E-state index in [0.717, 1.165) is 5.69 Å². The predicted octanol–water partition coefficient (Wildman–Crippen LogP) is -0.518. The van der Waals surface area contributed by atoms with Gasteiger partial charge in [-0.25, -0.2) is 9.31 Å². The molecule has 0 aliphatic rings. The third-order valence-corrected chi connectivity index (χ3v) is 2.97. The quantitative estimate of drug-likeness (QED) is 0.765. The van der Waals surface area contributed by atoms with Crippen LogP contribution in [0.25, 0.3) is 5.52 Å². The van der Waals surface area contributed by atoms with E-state index in [2.05, 4.69) is 15.2 Å². The number of nitrogens with zero attached hydrogens (tertiary/aromatic N) is 3. The van der Waals surface area contributed by atoms with Crippen molar-refractivity contribution in [3.8, 4) is 0 Å². The maximum Gasteiger partial charge on any atom is 0.330 e. The molecular formula is C13H16N4O4. The fourth-order valence-electron chi connectivity index (χ4n) is 2.06. The highest BCUT2D eigenvalue weighted by molar-refractivity contribution is 5.83. The summed E-state index contributed by atoms with van der Waals surface area (Å²) in [6.45, 7) is 3.07. The Hall–Kier alpha value is -2.64. The minimum absolute atomic E-state index is 0.00812. The topological polar surface area (TPSA) is 94.7 Å². The van der Waals surface area contributed by atoms with Crippen LogP contribution in [0.2, 0.25) is 0 Å². The number of rotatable bonds is 4. The number of fused-ring (bicyclic) bond motifs is 1. The number of aryl methyl sites for hydroxylation is 1. The number of esters is 1. The predicted molar refractivity (Wildman–Crippen MR) is 73.8 cm³/mol. The number of ether oxygens (including phenoxy) is 1. The maximum absolute atomic E-state index is 12.3. The summed E-state index contributed by atoms with van der Waals surface area (Å²) in [6, 6.07) is 0.737. The summed E-state index contributed by atoms with van der Waals surface area (Å²) in [5, 5.41) is 6.60. The molecule has 112 valence electrons. The normalized spacial score (nSPS) is 12.1. The molecule has 0 aromatic carbocycles. The molecule has 0 aliphatic heterocycles. The first-order valence-corrected chi connectivity index (χ1v) is 6.32. The average Bonchev–Trinajstić information content (AvgIpc) is 2.81. The number of amides is 1. The van der Waals surface area contributed by atoms with Crippen molar-refractivity contribution >= 4 is 17.4 Å². The van der Waals surface area contributed by atoms with Gasteiger partial charge < -0.3 is 14.6 Å². The molecule has 21 heavy (non-hydrogen) atoms. The van der Waals surface area contributed by atoms with Gasteiger partial charge in [-0.3, -0.25) is 9.59 Å². The molecule has 1 amide bonds. The molecular weight excluding hydrogens is 276 g/mol. The number of aromatic nitrogens is 3. The van der Waals surface area contributed by atoms with Crippen molar-refractivity contribution in [2.75, 3.05) is 7.11 Å². The Morgan fingerprint density at radius 3 is 2.76 bits per heavy atom. The number of carbonyl (C=O) groups excluding carboxylic acids is 2. The van der Waals surface area contributed by atoms with E-state index in [1.807, 2.05) is 0 Å². The molecule has 2 heterocycles. The van der Waals surface area contributed by atoms with Crippen LogP contribution < -0.4 is 10.9 Å². The Bertz CT molecular complexity index is 746. The molecule has 0 bridgehead atoms. The molecule has 1 atom stereocenters. The summed E-state index contributed by atoms with van der Waals surface area (Å²) in [6.07, 6.45) is 3.13. The molecule has 0 aliphatic carbocycles. The molecule has 1 N–H and O–H groups in total. The maximum atomic E-state index is 12.3. The second-order valence-corrected chi connectivity index (χ2v) is 4.65. The number of carbonyl (C=O) groups is 2. The van der Waals surface area contributed by atoms with Gasteiger partial charge in [0.05, 0.1) is 19.3 Å². The van der Waals surface area contributed by atoms with Crippen LogP contribution in [0.5, 0.6) is 0 Å². The largest absolute Gasteiger partial charge is 0.467 e. The number of hydrogen-bond donors (Lipinski definition) is 1. The van der Waals surface area contributed by atoms with Crippen molar-refractivity contribution in [1.82, 2.24) is 19.5 Å². The van der Waals surface area contributed by atoms with Crippen LogP contribution in [0, 0.1) is 6.92 Å².